The summed E-state index contributed by atoms with van der Waals surface area (Å²) >= 11 is 0. The molecule has 134 valence electrons. The van der Waals surface area contributed by atoms with Crippen molar-refractivity contribution in [3.8, 4) is 6.07 Å². The van der Waals surface area contributed by atoms with Gasteiger partial charge in [-0.05, 0) is 49.9 Å². The molecule has 0 saturated carbocycles. The van der Waals surface area contributed by atoms with Gasteiger partial charge in [0.2, 0.25) is 11.8 Å². The highest BCUT2D eigenvalue weighted by molar-refractivity contribution is 5.85. The van der Waals surface area contributed by atoms with Crippen LogP contribution in [0.4, 0.5) is 0 Å². The standard InChI is InChI=1S/C18H25N5O2/c19-9-16-8-15(11-20-16)12-22-6-3-14(4-7-22)10-21-17(24)13-23-5-1-2-18(23)25/h8,11,14,20H,1-7,10,12-13H2,(H,21,24). The van der Waals surface area contributed by atoms with Gasteiger partial charge >= 0.3 is 0 Å². The van der Waals surface area contributed by atoms with Crippen LogP contribution in [0, 0.1) is 17.2 Å². The fourth-order valence-electron chi connectivity index (χ4n) is 3.56. The summed E-state index contributed by atoms with van der Waals surface area (Å²) in [5.41, 5.74) is 1.74. The quantitative estimate of drug-likeness (QED) is 0.800. The molecule has 0 aromatic carbocycles. The number of likely N-dealkylation sites (tertiary alicyclic amines) is 2. The summed E-state index contributed by atoms with van der Waals surface area (Å²) in [6.07, 6.45) is 5.44. The first-order valence-electron chi connectivity index (χ1n) is 8.98. The molecule has 2 fully saturated rings. The topological polar surface area (TPSA) is 92.2 Å². The van der Waals surface area contributed by atoms with Crippen LogP contribution >= 0.6 is 0 Å². The number of rotatable bonds is 6. The Bertz CT molecular complexity index is 655. The Morgan fingerprint density at radius 1 is 1.36 bits per heavy atom. The summed E-state index contributed by atoms with van der Waals surface area (Å²) in [4.78, 5) is 30.5. The molecule has 3 rings (SSSR count). The van der Waals surface area contributed by atoms with Gasteiger partial charge in [-0.15, -0.1) is 0 Å². The third-order valence-electron chi connectivity index (χ3n) is 5.07. The molecule has 2 amide bonds. The van der Waals surface area contributed by atoms with Gasteiger partial charge in [0.25, 0.3) is 0 Å². The number of aromatic amines is 1. The van der Waals surface area contributed by atoms with E-state index in [1.165, 1.54) is 0 Å². The van der Waals surface area contributed by atoms with Gasteiger partial charge < -0.3 is 15.2 Å². The van der Waals surface area contributed by atoms with E-state index >= 15 is 0 Å². The molecule has 7 nitrogen and oxygen atoms in total. The third-order valence-corrected chi connectivity index (χ3v) is 5.07. The van der Waals surface area contributed by atoms with Crippen LogP contribution in [-0.4, -0.2) is 59.3 Å². The summed E-state index contributed by atoms with van der Waals surface area (Å²) in [6.45, 7) is 4.45. The van der Waals surface area contributed by atoms with E-state index in [1.807, 2.05) is 12.3 Å². The molecule has 0 bridgehead atoms. The number of H-pyrrole nitrogens is 1. The maximum atomic E-state index is 12.0. The molecular formula is C18H25N5O2. The normalized spacial score (nSPS) is 19.2. The summed E-state index contributed by atoms with van der Waals surface area (Å²) in [5.74, 6) is 0.539. The van der Waals surface area contributed by atoms with Gasteiger partial charge in [0.1, 0.15) is 11.8 Å². The van der Waals surface area contributed by atoms with Crippen molar-refractivity contribution in [2.24, 2.45) is 5.92 Å². The van der Waals surface area contributed by atoms with E-state index in [2.05, 4.69) is 21.3 Å². The third kappa shape index (κ3) is 4.83. The van der Waals surface area contributed by atoms with Gasteiger partial charge in [-0.2, -0.15) is 5.26 Å². The second kappa shape index (κ2) is 8.17. The first kappa shape index (κ1) is 17.5. The Hall–Kier alpha value is -2.33. The average molecular weight is 343 g/mol. The number of amides is 2. The van der Waals surface area contributed by atoms with Crippen molar-refractivity contribution < 1.29 is 9.59 Å². The van der Waals surface area contributed by atoms with Crippen LogP contribution < -0.4 is 5.32 Å². The molecule has 0 atom stereocenters. The van der Waals surface area contributed by atoms with Crippen molar-refractivity contribution in [3.05, 3.63) is 23.5 Å². The first-order chi connectivity index (χ1) is 12.1. The molecule has 1 aromatic rings. The largest absolute Gasteiger partial charge is 0.354 e. The number of piperidine rings is 1. The number of nitrogens with zero attached hydrogens (tertiary/aromatic N) is 3. The van der Waals surface area contributed by atoms with Gasteiger partial charge in [0.05, 0.1) is 6.54 Å². The van der Waals surface area contributed by atoms with Crippen LogP contribution in [0.3, 0.4) is 0 Å². The van der Waals surface area contributed by atoms with E-state index in [0.717, 1.165) is 44.5 Å². The van der Waals surface area contributed by atoms with Crippen molar-refractivity contribution >= 4 is 11.8 Å². The van der Waals surface area contributed by atoms with Crippen LogP contribution in [0.25, 0.3) is 0 Å². The molecule has 0 unspecified atom stereocenters. The highest BCUT2D eigenvalue weighted by Gasteiger charge is 2.23. The van der Waals surface area contributed by atoms with Gasteiger partial charge in [-0.3, -0.25) is 14.5 Å². The predicted octanol–water partition coefficient (Wildman–Crippen LogP) is 0.837. The van der Waals surface area contributed by atoms with Crippen LogP contribution in [0.1, 0.15) is 36.9 Å². The fraction of sp³-hybridized carbons (Fsp3) is 0.611. The molecular weight excluding hydrogens is 318 g/mol. The SMILES string of the molecule is N#Cc1cc(CN2CCC(CNC(=O)CN3CCCC3=O)CC2)c[nH]1. The number of aromatic nitrogens is 1. The predicted molar refractivity (Wildman–Crippen MR) is 92.3 cm³/mol. The average Bonchev–Trinajstić information content (AvgIpc) is 3.23. The molecule has 25 heavy (non-hydrogen) atoms. The van der Waals surface area contributed by atoms with Gasteiger partial charge in [0.15, 0.2) is 0 Å². The van der Waals surface area contributed by atoms with Crippen molar-refractivity contribution in [1.82, 2.24) is 20.1 Å². The highest BCUT2D eigenvalue weighted by atomic mass is 16.2. The smallest absolute Gasteiger partial charge is 0.239 e. The Balaban J connectivity index is 1.34. The molecule has 0 aliphatic carbocycles. The molecule has 0 radical (unpaired) electrons. The van der Waals surface area contributed by atoms with E-state index in [1.54, 1.807) is 4.90 Å². The lowest BCUT2D eigenvalue weighted by molar-refractivity contribution is -0.133. The number of nitriles is 1. The van der Waals surface area contributed by atoms with Crippen LogP contribution in [0.2, 0.25) is 0 Å². The monoisotopic (exact) mass is 343 g/mol. The van der Waals surface area contributed by atoms with E-state index < -0.39 is 0 Å². The lowest BCUT2D eigenvalue weighted by atomic mass is 9.96. The summed E-state index contributed by atoms with van der Waals surface area (Å²) in [6, 6.07) is 4.00. The summed E-state index contributed by atoms with van der Waals surface area (Å²) in [5, 5.41) is 11.8. The van der Waals surface area contributed by atoms with Crippen molar-refractivity contribution in [2.45, 2.75) is 32.2 Å². The molecule has 2 aliphatic heterocycles. The van der Waals surface area contributed by atoms with Gasteiger partial charge in [-0.25, -0.2) is 0 Å². The van der Waals surface area contributed by atoms with Crippen molar-refractivity contribution in [3.63, 3.8) is 0 Å². The first-order valence-corrected chi connectivity index (χ1v) is 8.98. The van der Waals surface area contributed by atoms with E-state index in [-0.39, 0.29) is 18.4 Å². The lowest BCUT2D eigenvalue weighted by Gasteiger charge is -2.31. The molecule has 1 aromatic heterocycles. The van der Waals surface area contributed by atoms with Gasteiger partial charge in [-0.1, -0.05) is 0 Å². The fourth-order valence-corrected chi connectivity index (χ4v) is 3.56. The molecule has 7 heteroatoms. The van der Waals surface area contributed by atoms with E-state index in [4.69, 9.17) is 5.26 Å². The van der Waals surface area contributed by atoms with Gasteiger partial charge in [0, 0.05) is 32.3 Å². The number of hydrogen-bond donors (Lipinski definition) is 2. The molecule has 0 spiro atoms. The number of nitrogens with one attached hydrogen (secondary N) is 2. The molecule has 2 N–H and O–H groups in total. The Morgan fingerprint density at radius 2 is 2.16 bits per heavy atom. The highest BCUT2D eigenvalue weighted by Crippen LogP contribution is 2.19. The zero-order valence-corrected chi connectivity index (χ0v) is 14.5. The minimum Gasteiger partial charge on any atom is -0.354 e. The summed E-state index contributed by atoms with van der Waals surface area (Å²) in [7, 11) is 0. The number of carbonyl (C=O) groups is 2. The number of carbonyl (C=O) groups excluding carboxylic acids is 2. The maximum absolute atomic E-state index is 12.0. The lowest BCUT2D eigenvalue weighted by Crippen LogP contribution is -2.42. The maximum Gasteiger partial charge on any atom is 0.239 e. The van der Waals surface area contributed by atoms with E-state index in [0.29, 0.717) is 31.1 Å². The van der Waals surface area contributed by atoms with Crippen molar-refractivity contribution in [2.75, 3.05) is 32.7 Å². The Morgan fingerprint density at radius 3 is 2.80 bits per heavy atom. The molecule has 2 aliphatic rings. The Kier molecular flexibility index (Phi) is 5.71. The minimum atomic E-state index is -0.0472. The summed E-state index contributed by atoms with van der Waals surface area (Å²) < 4.78 is 0. The van der Waals surface area contributed by atoms with Crippen molar-refractivity contribution in [1.29, 1.82) is 5.26 Å². The minimum absolute atomic E-state index is 0.0472. The van der Waals surface area contributed by atoms with Crippen LogP contribution in [0.5, 0.6) is 0 Å². The second-order valence-corrected chi connectivity index (χ2v) is 6.98. The molecule has 3 heterocycles. The Labute approximate surface area is 148 Å². The zero-order chi connectivity index (χ0) is 17.6. The molecule has 2 saturated heterocycles. The zero-order valence-electron chi connectivity index (χ0n) is 14.5. The van der Waals surface area contributed by atoms with E-state index in [9.17, 15) is 9.59 Å². The van der Waals surface area contributed by atoms with Crippen LogP contribution in [-0.2, 0) is 16.1 Å². The second-order valence-electron chi connectivity index (χ2n) is 6.98. The van der Waals surface area contributed by atoms with Crippen LogP contribution in [0.15, 0.2) is 12.3 Å². The number of hydrogen-bond acceptors (Lipinski definition) is 4.